The first kappa shape index (κ1) is 26.1. The molecule has 3 N–H and O–H groups in total. The highest BCUT2D eigenvalue weighted by Crippen LogP contribution is 2.29. The number of rotatable bonds is 6. The van der Waals surface area contributed by atoms with Gasteiger partial charge in [-0.15, -0.1) is 0 Å². The van der Waals surface area contributed by atoms with Crippen molar-refractivity contribution >= 4 is 17.5 Å². The van der Waals surface area contributed by atoms with E-state index in [0.29, 0.717) is 28.5 Å². The highest BCUT2D eigenvalue weighted by Gasteiger charge is 2.22. The minimum Gasteiger partial charge on any atom is -0.457 e. The van der Waals surface area contributed by atoms with E-state index in [1.165, 1.54) is 12.1 Å². The van der Waals surface area contributed by atoms with Crippen LogP contribution in [0.15, 0.2) is 79.3 Å². The lowest BCUT2D eigenvalue weighted by Gasteiger charge is -2.14. The summed E-state index contributed by atoms with van der Waals surface area (Å²) in [5, 5.41) is 25.7. The number of anilines is 2. The number of nitriles is 1. The first-order chi connectivity index (χ1) is 19.2. The van der Waals surface area contributed by atoms with Crippen LogP contribution in [0.3, 0.4) is 0 Å². The van der Waals surface area contributed by atoms with Crippen molar-refractivity contribution in [3.8, 4) is 34.5 Å². The number of pyridine rings is 1. The maximum atomic E-state index is 14.9. The van der Waals surface area contributed by atoms with Crippen LogP contribution >= 0.6 is 0 Å². The molecule has 0 spiro atoms. The van der Waals surface area contributed by atoms with Gasteiger partial charge in [-0.2, -0.15) is 15.5 Å². The van der Waals surface area contributed by atoms with Crippen LogP contribution < -0.4 is 15.4 Å². The summed E-state index contributed by atoms with van der Waals surface area (Å²) in [5.74, 6) is 0.433. The van der Waals surface area contributed by atoms with E-state index < -0.39 is 11.8 Å². The number of nitrogens with zero attached hydrogens (tertiary/aromatic N) is 5. The van der Waals surface area contributed by atoms with Gasteiger partial charge in [0, 0.05) is 41.6 Å². The van der Waals surface area contributed by atoms with Gasteiger partial charge in [0.1, 0.15) is 23.1 Å². The minimum atomic E-state index is -0.673. The normalized spacial score (nSPS) is 11.1. The van der Waals surface area contributed by atoms with Crippen molar-refractivity contribution in [1.82, 2.24) is 25.0 Å². The number of aromatic amines is 1. The molecule has 0 atom stereocenters. The molecule has 5 rings (SSSR count). The lowest BCUT2D eigenvalue weighted by Crippen LogP contribution is -2.22. The van der Waals surface area contributed by atoms with E-state index in [1.54, 1.807) is 71.8 Å². The molecule has 0 unspecified atom stereocenters. The second-order valence-corrected chi connectivity index (χ2v) is 9.92. The van der Waals surface area contributed by atoms with E-state index in [4.69, 9.17) is 10.00 Å². The highest BCUT2D eigenvalue weighted by molar-refractivity contribution is 5.99. The van der Waals surface area contributed by atoms with Gasteiger partial charge >= 0.3 is 6.03 Å². The Bertz CT molecular complexity index is 1700. The van der Waals surface area contributed by atoms with Gasteiger partial charge in [-0.05, 0) is 42.5 Å². The van der Waals surface area contributed by atoms with Crippen LogP contribution in [0.2, 0.25) is 0 Å². The molecule has 3 aromatic heterocycles. The molecule has 40 heavy (non-hydrogen) atoms. The number of aromatic nitrogens is 5. The number of hydrogen-bond acceptors (Lipinski definition) is 6. The van der Waals surface area contributed by atoms with Crippen LogP contribution in [0.5, 0.6) is 11.5 Å². The number of H-pyrrole nitrogens is 1. The molecular formula is C29H25FN8O2. The van der Waals surface area contributed by atoms with Crippen LogP contribution in [0.4, 0.5) is 20.7 Å². The number of halogens is 1. The monoisotopic (exact) mass is 536 g/mol. The summed E-state index contributed by atoms with van der Waals surface area (Å²) in [6, 6.07) is 17.5. The Balaban J connectivity index is 1.31. The summed E-state index contributed by atoms with van der Waals surface area (Å²) in [6.07, 6.45) is 4.93. The van der Waals surface area contributed by atoms with E-state index in [1.807, 2.05) is 20.8 Å². The number of amides is 2. The topological polar surface area (TPSA) is 134 Å². The van der Waals surface area contributed by atoms with Crippen molar-refractivity contribution in [2.24, 2.45) is 0 Å². The molecule has 0 bridgehead atoms. The zero-order valence-corrected chi connectivity index (χ0v) is 21.9. The van der Waals surface area contributed by atoms with Crippen molar-refractivity contribution in [1.29, 1.82) is 5.26 Å². The molecule has 0 radical (unpaired) electrons. The fraction of sp³-hybridized carbons (Fsp3) is 0.138. The zero-order valence-electron chi connectivity index (χ0n) is 21.9. The molecule has 0 fully saturated rings. The number of nitrogens with one attached hydrogen (secondary N) is 3. The van der Waals surface area contributed by atoms with Crippen LogP contribution in [0, 0.1) is 17.1 Å². The van der Waals surface area contributed by atoms with Gasteiger partial charge in [0.2, 0.25) is 0 Å². The van der Waals surface area contributed by atoms with Gasteiger partial charge in [-0.1, -0.05) is 20.8 Å². The van der Waals surface area contributed by atoms with Crippen molar-refractivity contribution in [2.75, 3.05) is 10.6 Å². The molecule has 11 heteroatoms. The first-order valence-corrected chi connectivity index (χ1v) is 12.3. The predicted molar refractivity (Wildman–Crippen MR) is 148 cm³/mol. The molecule has 0 aliphatic heterocycles. The van der Waals surface area contributed by atoms with E-state index >= 15 is 0 Å². The Hall–Kier alpha value is -5.50. The van der Waals surface area contributed by atoms with Gasteiger partial charge in [0.05, 0.1) is 40.6 Å². The van der Waals surface area contributed by atoms with E-state index in [-0.39, 0.29) is 16.9 Å². The quantitative estimate of drug-likeness (QED) is 0.230. The van der Waals surface area contributed by atoms with E-state index in [2.05, 4.69) is 37.0 Å². The second kappa shape index (κ2) is 10.7. The average Bonchev–Trinajstić information content (AvgIpc) is 3.61. The molecule has 10 nitrogen and oxygen atoms in total. The van der Waals surface area contributed by atoms with E-state index in [0.717, 1.165) is 11.3 Å². The number of urea groups is 1. The summed E-state index contributed by atoms with van der Waals surface area (Å²) in [7, 11) is 0. The standard InChI is InChI=1S/C29H25FN8O2/c1-29(2,3)26-14-27(38(37-26)20-6-4-18(15-31)5-7-20)36-28(39)35-24-9-8-21(12-23(24)30)40-22-10-11-32-25(13-22)19-16-33-34-17-19/h4-14,16-17H,1-3H3,(H,33,34)(H2,35,36,39). The van der Waals surface area contributed by atoms with Gasteiger partial charge < -0.3 is 10.1 Å². The van der Waals surface area contributed by atoms with E-state index in [9.17, 15) is 9.18 Å². The Morgan fingerprint density at radius 3 is 2.50 bits per heavy atom. The molecule has 0 aliphatic rings. The van der Waals surface area contributed by atoms with Crippen LogP contribution in [-0.2, 0) is 5.41 Å². The fourth-order valence-electron chi connectivity index (χ4n) is 3.80. The van der Waals surface area contributed by atoms with Crippen molar-refractivity contribution in [2.45, 2.75) is 26.2 Å². The average molecular weight is 537 g/mol. The molecule has 0 saturated heterocycles. The molecular weight excluding hydrogens is 511 g/mol. The summed E-state index contributed by atoms with van der Waals surface area (Å²) >= 11 is 0. The van der Waals surface area contributed by atoms with Crippen LogP contribution in [0.25, 0.3) is 16.9 Å². The predicted octanol–water partition coefficient (Wildman–Crippen LogP) is 6.40. The van der Waals surface area contributed by atoms with Crippen LogP contribution in [0.1, 0.15) is 32.0 Å². The van der Waals surface area contributed by atoms with Crippen molar-refractivity contribution < 1.29 is 13.9 Å². The highest BCUT2D eigenvalue weighted by atomic mass is 19.1. The molecule has 0 saturated carbocycles. The third-order valence-corrected chi connectivity index (χ3v) is 5.91. The maximum Gasteiger partial charge on any atom is 0.324 e. The smallest absolute Gasteiger partial charge is 0.324 e. The Morgan fingerprint density at radius 2 is 1.82 bits per heavy atom. The Kier molecular flexibility index (Phi) is 6.99. The fourth-order valence-corrected chi connectivity index (χ4v) is 3.80. The Morgan fingerprint density at radius 1 is 1.05 bits per heavy atom. The summed E-state index contributed by atoms with van der Waals surface area (Å²) in [5.41, 5.74) is 3.02. The van der Waals surface area contributed by atoms with Gasteiger partial charge in [0.25, 0.3) is 0 Å². The molecule has 0 aliphatic carbocycles. The molecule has 2 aromatic carbocycles. The SMILES string of the molecule is CC(C)(C)c1cc(NC(=O)Nc2ccc(Oc3ccnc(-c4cn[nH]c4)c3)cc2F)n(-c2ccc(C#N)cc2)n1. The number of benzene rings is 2. The lowest BCUT2D eigenvalue weighted by atomic mass is 9.92. The Labute approximate surface area is 229 Å². The third kappa shape index (κ3) is 5.81. The number of carbonyl (C=O) groups is 1. The number of hydrogen-bond donors (Lipinski definition) is 3. The van der Waals surface area contributed by atoms with Gasteiger partial charge in [-0.25, -0.2) is 13.9 Å². The second-order valence-electron chi connectivity index (χ2n) is 9.92. The zero-order chi connectivity index (χ0) is 28.3. The van der Waals surface area contributed by atoms with Crippen molar-refractivity contribution in [3.05, 3.63) is 96.3 Å². The summed E-state index contributed by atoms with van der Waals surface area (Å²) < 4.78 is 22.3. The van der Waals surface area contributed by atoms with Gasteiger partial charge in [-0.3, -0.25) is 15.4 Å². The minimum absolute atomic E-state index is 0.0286. The number of ether oxygens (including phenoxy) is 1. The third-order valence-electron chi connectivity index (χ3n) is 5.91. The first-order valence-electron chi connectivity index (χ1n) is 12.3. The molecule has 3 heterocycles. The molecule has 2 amide bonds. The van der Waals surface area contributed by atoms with Crippen molar-refractivity contribution in [3.63, 3.8) is 0 Å². The molecule has 200 valence electrons. The van der Waals surface area contributed by atoms with Gasteiger partial charge in [0.15, 0.2) is 0 Å². The largest absolute Gasteiger partial charge is 0.457 e. The summed E-state index contributed by atoms with van der Waals surface area (Å²) in [6.45, 7) is 6.02. The maximum absolute atomic E-state index is 14.9. The lowest BCUT2D eigenvalue weighted by molar-refractivity contribution is 0.262. The number of carbonyl (C=O) groups excluding carboxylic acids is 1. The summed E-state index contributed by atoms with van der Waals surface area (Å²) in [4.78, 5) is 17.2. The van der Waals surface area contributed by atoms with Crippen LogP contribution in [-0.4, -0.2) is 31.0 Å². The molecule has 5 aromatic rings.